The van der Waals surface area contributed by atoms with Gasteiger partial charge in [-0.3, -0.25) is 15.0 Å². The minimum Gasteiger partial charge on any atom is -0.256 e. The smallest absolute Gasteiger partial charge is 0.0702 e. The van der Waals surface area contributed by atoms with E-state index in [2.05, 4.69) is 226 Å². The van der Waals surface area contributed by atoms with Gasteiger partial charge in [-0.05, 0) is 103 Å². The second-order valence-corrected chi connectivity index (χ2v) is 18.8. The Morgan fingerprint density at radius 1 is 0.283 bits per heavy atom. The van der Waals surface area contributed by atoms with Gasteiger partial charge in [-0.1, -0.05) is 190 Å². The molecule has 3 heterocycles. The molecule has 7 aromatic rings. The summed E-state index contributed by atoms with van der Waals surface area (Å²) in [6.07, 6.45) is 18.7. The molecule has 0 spiro atoms. The molecule has 0 radical (unpaired) electrons. The van der Waals surface area contributed by atoms with Gasteiger partial charge in [0.25, 0.3) is 0 Å². The fraction of sp³-hybridized carbons (Fsp3) is 0.211. The first-order valence-electron chi connectivity index (χ1n) is 21.0. The second kappa shape index (κ2) is 17.4. The maximum absolute atomic E-state index is 4.81. The first-order chi connectivity index (χ1) is 28.6. The van der Waals surface area contributed by atoms with Gasteiger partial charge in [0, 0.05) is 35.3 Å². The van der Waals surface area contributed by atoms with Crippen molar-refractivity contribution in [1.82, 2.24) is 15.0 Å². The molecule has 60 heavy (non-hydrogen) atoms. The number of aromatic nitrogens is 3. The monoisotopic (exact) mass is 783 g/mol. The number of nitrogens with zero attached hydrogens (tertiary/aromatic N) is 3. The van der Waals surface area contributed by atoms with Gasteiger partial charge in [-0.25, -0.2) is 0 Å². The summed E-state index contributed by atoms with van der Waals surface area (Å²) in [5.74, 6) is 0. The van der Waals surface area contributed by atoms with Crippen molar-refractivity contribution < 1.29 is 0 Å². The highest BCUT2D eigenvalue weighted by atomic mass is 14.7. The lowest BCUT2D eigenvalue weighted by Gasteiger charge is -2.19. The fourth-order valence-electron chi connectivity index (χ4n) is 7.02. The lowest BCUT2D eigenvalue weighted by Crippen LogP contribution is -2.10. The minimum atomic E-state index is 0.120. The van der Waals surface area contributed by atoms with E-state index in [4.69, 9.17) is 15.0 Å². The summed E-state index contributed by atoms with van der Waals surface area (Å²) in [5.41, 5.74) is 17.0. The highest BCUT2D eigenvalue weighted by molar-refractivity contribution is 5.79. The van der Waals surface area contributed by atoms with Crippen molar-refractivity contribution in [2.45, 2.75) is 78.6 Å². The molecular weight excluding hydrogens is 727 g/mol. The molecule has 0 fully saturated rings. The van der Waals surface area contributed by atoms with Crippen molar-refractivity contribution in [1.29, 1.82) is 0 Å². The van der Waals surface area contributed by atoms with Crippen LogP contribution in [0.5, 0.6) is 0 Å². The number of hydrogen-bond acceptors (Lipinski definition) is 3. The van der Waals surface area contributed by atoms with Crippen LogP contribution in [0.1, 0.15) is 112 Å². The first kappa shape index (κ1) is 41.7. The molecule has 0 N–H and O–H groups in total. The molecule has 0 unspecified atom stereocenters. The topological polar surface area (TPSA) is 38.7 Å². The highest BCUT2D eigenvalue weighted by Gasteiger charge is 2.15. The minimum absolute atomic E-state index is 0.120. The highest BCUT2D eigenvalue weighted by Crippen LogP contribution is 2.29. The molecule has 0 aliphatic rings. The summed E-state index contributed by atoms with van der Waals surface area (Å²) < 4.78 is 0. The second-order valence-electron chi connectivity index (χ2n) is 18.8. The number of rotatable bonds is 9. The average Bonchev–Trinajstić information content (AvgIpc) is 3.24. The van der Waals surface area contributed by atoms with Crippen LogP contribution in [-0.4, -0.2) is 15.0 Å². The number of hydrogen-bond donors (Lipinski definition) is 0. The van der Waals surface area contributed by atoms with Crippen LogP contribution in [0, 0.1) is 0 Å². The van der Waals surface area contributed by atoms with Crippen molar-refractivity contribution in [3.05, 3.63) is 196 Å². The Bertz CT molecular complexity index is 2290. The molecule has 4 aromatic carbocycles. The molecule has 0 saturated heterocycles. The van der Waals surface area contributed by atoms with Crippen molar-refractivity contribution in [2.24, 2.45) is 0 Å². The van der Waals surface area contributed by atoms with Crippen LogP contribution in [0.4, 0.5) is 0 Å². The van der Waals surface area contributed by atoms with Gasteiger partial charge in [0.15, 0.2) is 0 Å². The van der Waals surface area contributed by atoms with E-state index in [9.17, 15) is 0 Å². The summed E-state index contributed by atoms with van der Waals surface area (Å²) in [6, 6.07) is 45.5. The zero-order chi connectivity index (χ0) is 42.5. The molecule has 3 heteroatoms. The summed E-state index contributed by atoms with van der Waals surface area (Å²) >= 11 is 0. The molecule has 300 valence electrons. The molecule has 0 bridgehead atoms. The quantitative estimate of drug-likeness (QED) is 0.146. The van der Waals surface area contributed by atoms with Crippen molar-refractivity contribution >= 4 is 36.5 Å². The van der Waals surface area contributed by atoms with Gasteiger partial charge in [-0.15, -0.1) is 0 Å². The molecule has 0 aliphatic carbocycles. The molecule has 0 amide bonds. The summed E-state index contributed by atoms with van der Waals surface area (Å²) in [7, 11) is 0. The lowest BCUT2D eigenvalue weighted by atomic mass is 9.86. The van der Waals surface area contributed by atoms with Crippen LogP contribution in [0.2, 0.25) is 0 Å². The van der Waals surface area contributed by atoms with Gasteiger partial charge in [0.05, 0.1) is 17.1 Å². The molecule has 3 aromatic heterocycles. The maximum Gasteiger partial charge on any atom is 0.0702 e. The summed E-state index contributed by atoms with van der Waals surface area (Å²) in [5, 5.41) is 0. The van der Waals surface area contributed by atoms with Crippen LogP contribution in [0.15, 0.2) is 146 Å². The zero-order valence-corrected chi connectivity index (χ0v) is 36.7. The van der Waals surface area contributed by atoms with Gasteiger partial charge in [0.1, 0.15) is 0 Å². The van der Waals surface area contributed by atoms with E-state index >= 15 is 0 Å². The number of benzene rings is 4. The van der Waals surface area contributed by atoms with Crippen LogP contribution >= 0.6 is 0 Å². The molecule has 0 atom stereocenters. The Labute approximate surface area is 358 Å². The predicted molar refractivity (Wildman–Crippen MR) is 258 cm³/mol. The van der Waals surface area contributed by atoms with Crippen LogP contribution in [0.25, 0.3) is 70.2 Å². The Hall–Kier alpha value is -6.45. The van der Waals surface area contributed by atoms with Gasteiger partial charge in [0.2, 0.25) is 0 Å². The Kier molecular flexibility index (Phi) is 12.1. The van der Waals surface area contributed by atoms with Gasteiger partial charge >= 0.3 is 0 Å². The maximum atomic E-state index is 4.81. The van der Waals surface area contributed by atoms with E-state index in [1.165, 1.54) is 16.7 Å². The lowest BCUT2D eigenvalue weighted by molar-refractivity contribution is 0.590. The van der Waals surface area contributed by atoms with Crippen molar-refractivity contribution in [3.63, 3.8) is 0 Å². The first-order valence-corrected chi connectivity index (χ1v) is 21.0. The van der Waals surface area contributed by atoms with Gasteiger partial charge in [-0.2, -0.15) is 0 Å². The molecule has 3 nitrogen and oxygen atoms in total. The Morgan fingerprint density at radius 2 is 0.517 bits per heavy atom. The third-order valence-electron chi connectivity index (χ3n) is 10.9. The molecule has 7 rings (SSSR count). The van der Waals surface area contributed by atoms with E-state index in [0.717, 1.165) is 67.2 Å². The third-order valence-corrected chi connectivity index (χ3v) is 10.9. The predicted octanol–water partition coefficient (Wildman–Crippen LogP) is 15.3. The van der Waals surface area contributed by atoms with E-state index in [0.29, 0.717) is 0 Å². The Balaban J connectivity index is 1.12. The summed E-state index contributed by atoms with van der Waals surface area (Å²) in [6.45, 7) is 20.1. The third kappa shape index (κ3) is 10.8. The molecule has 0 saturated carbocycles. The van der Waals surface area contributed by atoms with E-state index < -0.39 is 0 Å². The van der Waals surface area contributed by atoms with E-state index in [1.54, 1.807) is 0 Å². The zero-order valence-electron chi connectivity index (χ0n) is 36.7. The standard InChI is InChI=1S/C57H57N3/c1-55(2,3)49-25-19-46(20-26-49)52-31-16-40(37-58-52)10-13-43-34-44(14-11-41-17-32-53(59-38-41)47-21-27-50(28-22-47)56(4,5)6)36-45(35-43)15-12-42-18-33-54(60-39-42)48-23-29-51(30-24-48)57(7,8)9/h10-39H,1-9H3/b13-10+,14-11+,15-12+. The number of pyridine rings is 3. The molecule has 0 aliphatic heterocycles. The largest absolute Gasteiger partial charge is 0.256 e. The fourth-order valence-corrected chi connectivity index (χ4v) is 7.02. The SMILES string of the molecule is CC(C)(C)c1ccc(-c2ccc(/C=C/c3cc(/C=C/c4ccc(-c5ccc(C(C)(C)C)cc5)nc4)cc(/C=C/c4ccc(-c5ccc(C(C)(C)C)cc5)nc4)c3)cn2)cc1. The Morgan fingerprint density at radius 3 is 0.717 bits per heavy atom. The average molecular weight is 784 g/mol. The summed E-state index contributed by atoms with van der Waals surface area (Å²) in [4.78, 5) is 14.4. The van der Waals surface area contributed by atoms with Crippen LogP contribution < -0.4 is 0 Å². The van der Waals surface area contributed by atoms with Crippen LogP contribution in [0.3, 0.4) is 0 Å². The van der Waals surface area contributed by atoms with E-state index in [-0.39, 0.29) is 16.2 Å². The van der Waals surface area contributed by atoms with Crippen LogP contribution in [-0.2, 0) is 16.2 Å². The normalized spacial score (nSPS) is 12.6. The van der Waals surface area contributed by atoms with Crippen molar-refractivity contribution in [2.75, 3.05) is 0 Å². The van der Waals surface area contributed by atoms with Crippen molar-refractivity contribution in [3.8, 4) is 33.8 Å². The van der Waals surface area contributed by atoms with Gasteiger partial charge < -0.3 is 0 Å². The van der Waals surface area contributed by atoms with E-state index in [1.807, 2.05) is 18.6 Å². The molecular formula is C57H57N3.